The van der Waals surface area contributed by atoms with E-state index in [0.29, 0.717) is 6.04 Å². The van der Waals surface area contributed by atoms with E-state index >= 15 is 0 Å². The topological polar surface area (TPSA) is 21.3 Å². The maximum absolute atomic E-state index is 5.39. The molecule has 2 heteroatoms. The Morgan fingerprint density at radius 1 is 1.50 bits per heavy atom. The molecule has 0 radical (unpaired) electrons. The fourth-order valence-corrected chi connectivity index (χ4v) is 1.58. The summed E-state index contributed by atoms with van der Waals surface area (Å²) in [5.74, 6) is 0.750. The van der Waals surface area contributed by atoms with E-state index in [2.05, 4.69) is 32.2 Å². The van der Waals surface area contributed by atoms with E-state index < -0.39 is 0 Å². The van der Waals surface area contributed by atoms with Crippen LogP contribution in [0.5, 0.6) is 0 Å². The van der Waals surface area contributed by atoms with Crippen molar-refractivity contribution in [3.63, 3.8) is 0 Å². The van der Waals surface area contributed by atoms with Crippen LogP contribution in [0, 0.1) is 5.92 Å². The van der Waals surface area contributed by atoms with Gasteiger partial charge in [0.25, 0.3) is 0 Å². The van der Waals surface area contributed by atoms with Crippen molar-refractivity contribution in [2.24, 2.45) is 5.92 Å². The number of rotatable bonds is 5. The highest BCUT2D eigenvalue weighted by molar-refractivity contribution is 5.07. The molecule has 1 aliphatic heterocycles. The first kappa shape index (κ1) is 11.7. The third-order valence-corrected chi connectivity index (χ3v) is 3.13. The van der Waals surface area contributed by atoms with Crippen molar-refractivity contribution in [2.75, 3.05) is 19.8 Å². The van der Waals surface area contributed by atoms with Gasteiger partial charge in [-0.2, -0.15) is 0 Å². The molecule has 0 aliphatic carbocycles. The van der Waals surface area contributed by atoms with Crippen LogP contribution in [0.25, 0.3) is 0 Å². The molecule has 0 aromatic carbocycles. The van der Waals surface area contributed by atoms with Gasteiger partial charge in [-0.3, -0.25) is 0 Å². The van der Waals surface area contributed by atoms with Crippen LogP contribution >= 0.6 is 0 Å². The van der Waals surface area contributed by atoms with Crippen LogP contribution in [-0.2, 0) is 4.74 Å². The molecular formula is C12H23NO. The van der Waals surface area contributed by atoms with Gasteiger partial charge in [0.15, 0.2) is 0 Å². The van der Waals surface area contributed by atoms with Crippen LogP contribution in [0.15, 0.2) is 11.6 Å². The van der Waals surface area contributed by atoms with Crippen LogP contribution in [-0.4, -0.2) is 25.8 Å². The summed E-state index contributed by atoms with van der Waals surface area (Å²) in [5, 5.41) is 3.55. The summed E-state index contributed by atoms with van der Waals surface area (Å²) in [6.07, 6.45) is 4.62. The first-order chi connectivity index (χ1) is 6.74. The van der Waals surface area contributed by atoms with Crippen molar-refractivity contribution >= 4 is 0 Å². The molecule has 2 unspecified atom stereocenters. The van der Waals surface area contributed by atoms with Gasteiger partial charge in [0.2, 0.25) is 0 Å². The highest BCUT2D eigenvalue weighted by atomic mass is 16.5. The maximum atomic E-state index is 5.39. The lowest BCUT2D eigenvalue weighted by Gasteiger charge is -2.22. The maximum Gasteiger partial charge on any atom is 0.0689 e. The van der Waals surface area contributed by atoms with Crippen molar-refractivity contribution < 1.29 is 4.74 Å². The molecule has 0 spiro atoms. The monoisotopic (exact) mass is 197 g/mol. The van der Waals surface area contributed by atoms with Gasteiger partial charge in [-0.1, -0.05) is 26.3 Å². The second-order valence-electron chi connectivity index (χ2n) is 4.26. The Kier molecular flexibility index (Phi) is 5.20. The molecule has 1 heterocycles. The van der Waals surface area contributed by atoms with Crippen molar-refractivity contribution in [3.05, 3.63) is 11.6 Å². The lowest BCUT2D eigenvalue weighted by atomic mass is 10.0. The SMILES string of the molecule is CCC(C)C(C)NCC1=CCCOC1. The van der Waals surface area contributed by atoms with Crippen LogP contribution in [0.4, 0.5) is 0 Å². The lowest BCUT2D eigenvalue weighted by Crippen LogP contribution is -2.34. The number of nitrogens with one attached hydrogen (secondary N) is 1. The van der Waals surface area contributed by atoms with Crippen molar-refractivity contribution in [1.29, 1.82) is 0 Å². The second kappa shape index (κ2) is 6.20. The largest absolute Gasteiger partial charge is 0.377 e. The molecule has 2 atom stereocenters. The predicted molar refractivity (Wildman–Crippen MR) is 60.4 cm³/mol. The Hall–Kier alpha value is -0.340. The molecule has 0 amide bonds. The minimum Gasteiger partial charge on any atom is -0.377 e. The molecule has 1 N–H and O–H groups in total. The Morgan fingerprint density at radius 3 is 2.86 bits per heavy atom. The number of hydrogen-bond donors (Lipinski definition) is 1. The van der Waals surface area contributed by atoms with E-state index in [-0.39, 0.29) is 0 Å². The first-order valence-corrected chi connectivity index (χ1v) is 5.73. The molecule has 0 saturated carbocycles. The van der Waals surface area contributed by atoms with Gasteiger partial charge in [-0.25, -0.2) is 0 Å². The number of hydrogen-bond acceptors (Lipinski definition) is 2. The highest BCUT2D eigenvalue weighted by Gasteiger charge is 2.10. The van der Waals surface area contributed by atoms with Crippen LogP contribution in [0.1, 0.15) is 33.6 Å². The van der Waals surface area contributed by atoms with Crippen LogP contribution in [0.2, 0.25) is 0 Å². The van der Waals surface area contributed by atoms with Gasteiger partial charge >= 0.3 is 0 Å². The average molecular weight is 197 g/mol. The Bertz CT molecular complexity index is 189. The summed E-state index contributed by atoms with van der Waals surface area (Å²) in [4.78, 5) is 0. The van der Waals surface area contributed by atoms with Gasteiger partial charge in [0, 0.05) is 12.6 Å². The van der Waals surface area contributed by atoms with E-state index in [4.69, 9.17) is 4.74 Å². The molecular weight excluding hydrogens is 174 g/mol. The molecule has 0 fully saturated rings. The van der Waals surface area contributed by atoms with Gasteiger partial charge < -0.3 is 10.1 Å². The minimum atomic E-state index is 0.600. The Balaban J connectivity index is 2.22. The minimum absolute atomic E-state index is 0.600. The standard InChI is InChI=1S/C12H23NO/c1-4-10(2)11(3)13-8-12-6-5-7-14-9-12/h6,10-11,13H,4-5,7-9H2,1-3H3. The molecule has 0 aromatic rings. The fraction of sp³-hybridized carbons (Fsp3) is 0.833. The van der Waals surface area contributed by atoms with E-state index in [1.165, 1.54) is 12.0 Å². The smallest absolute Gasteiger partial charge is 0.0689 e. The summed E-state index contributed by atoms with van der Waals surface area (Å²) in [6.45, 7) is 9.50. The van der Waals surface area contributed by atoms with E-state index in [1.54, 1.807) is 0 Å². The zero-order valence-electron chi connectivity index (χ0n) is 9.68. The molecule has 1 rings (SSSR count). The summed E-state index contributed by atoms with van der Waals surface area (Å²) in [7, 11) is 0. The van der Waals surface area contributed by atoms with Crippen molar-refractivity contribution in [3.8, 4) is 0 Å². The van der Waals surface area contributed by atoms with Gasteiger partial charge in [0.05, 0.1) is 13.2 Å². The predicted octanol–water partition coefficient (Wildman–Crippen LogP) is 2.36. The molecule has 0 saturated heterocycles. The Labute approximate surface area is 87.7 Å². The molecule has 0 bridgehead atoms. The van der Waals surface area contributed by atoms with Crippen LogP contribution < -0.4 is 5.32 Å². The third-order valence-electron chi connectivity index (χ3n) is 3.13. The van der Waals surface area contributed by atoms with Gasteiger partial charge in [-0.05, 0) is 24.8 Å². The summed E-state index contributed by atoms with van der Waals surface area (Å²) in [6, 6.07) is 0.600. The summed E-state index contributed by atoms with van der Waals surface area (Å²) in [5.41, 5.74) is 1.41. The summed E-state index contributed by atoms with van der Waals surface area (Å²) < 4.78 is 5.39. The second-order valence-corrected chi connectivity index (χ2v) is 4.26. The normalized spacial score (nSPS) is 21.5. The molecule has 82 valence electrons. The highest BCUT2D eigenvalue weighted by Crippen LogP contribution is 2.09. The third kappa shape index (κ3) is 3.81. The van der Waals surface area contributed by atoms with E-state index in [1.807, 2.05) is 0 Å². The van der Waals surface area contributed by atoms with Gasteiger partial charge in [0.1, 0.15) is 0 Å². The van der Waals surface area contributed by atoms with Gasteiger partial charge in [-0.15, -0.1) is 0 Å². The number of ether oxygens (including phenoxy) is 1. The zero-order chi connectivity index (χ0) is 10.4. The fourth-order valence-electron chi connectivity index (χ4n) is 1.58. The van der Waals surface area contributed by atoms with Crippen molar-refractivity contribution in [1.82, 2.24) is 5.32 Å². The van der Waals surface area contributed by atoms with Crippen molar-refractivity contribution in [2.45, 2.75) is 39.7 Å². The first-order valence-electron chi connectivity index (χ1n) is 5.73. The molecule has 2 nitrogen and oxygen atoms in total. The van der Waals surface area contributed by atoms with E-state index in [0.717, 1.165) is 32.1 Å². The summed E-state index contributed by atoms with van der Waals surface area (Å²) >= 11 is 0. The van der Waals surface area contributed by atoms with Crippen LogP contribution in [0.3, 0.4) is 0 Å². The quantitative estimate of drug-likeness (QED) is 0.683. The molecule has 1 aliphatic rings. The molecule has 14 heavy (non-hydrogen) atoms. The molecule has 0 aromatic heterocycles. The average Bonchev–Trinajstić information content (AvgIpc) is 2.26. The lowest BCUT2D eigenvalue weighted by molar-refractivity contribution is 0.148. The zero-order valence-corrected chi connectivity index (χ0v) is 9.68. The van der Waals surface area contributed by atoms with E-state index in [9.17, 15) is 0 Å². The Morgan fingerprint density at radius 2 is 2.29 bits per heavy atom.